The Hall–Kier alpha value is -2.34. The normalized spacial score (nSPS) is 11.5. The highest BCUT2D eigenvalue weighted by Crippen LogP contribution is 2.15. The maximum atomic E-state index is 12.0. The van der Waals surface area contributed by atoms with E-state index in [1.807, 2.05) is 5.38 Å². The molecule has 1 atom stereocenters. The topological polar surface area (TPSA) is 67.4 Å². The van der Waals surface area contributed by atoms with Crippen molar-refractivity contribution in [1.82, 2.24) is 5.32 Å². The van der Waals surface area contributed by atoms with Gasteiger partial charge >= 0.3 is 0 Å². The van der Waals surface area contributed by atoms with Gasteiger partial charge in [-0.2, -0.15) is 0 Å². The van der Waals surface area contributed by atoms with E-state index in [9.17, 15) is 9.59 Å². The lowest BCUT2D eigenvalue weighted by molar-refractivity contribution is -0.117. The molecule has 2 aromatic rings. The van der Waals surface area contributed by atoms with Crippen molar-refractivity contribution in [3.8, 4) is 5.75 Å². The summed E-state index contributed by atoms with van der Waals surface area (Å²) in [4.78, 5) is 24.5. The number of carbonyl (C=O) groups excluding carboxylic acids is 2. The monoisotopic (exact) mass is 304 g/mol. The Kier molecular flexibility index (Phi) is 4.94. The van der Waals surface area contributed by atoms with Crippen molar-refractivity contribution >= 4 is 28.8 Å². The van der Waals surface area contributed by atoms with E-state index < -0.39 is 6.04 Å². The lowest BCUT2D eigenvalue weighted by Crippen LogP contribution is -2.41. The summed E-state index contributed by atoms with van der Waals surface area (Å²) in [6, 6.07) is 9.88. The van der Waals surface area contributed by atoms with Crippen molar-refractivity contribution in [1.29, 1.82) is 0 Å². The highest BCUT2D eigenvalue weighted by molar-refractivity contribution is 7.12. The molecule has 0 saturated heterocycles. The highest BCUT2D eigenvalue weighted by atomic mass is 32.1. The van der Waals surface area contributed by atoms with E-state index in [4.69, 9.17) is 4.74 Å². The molecule has 0 spiro atoms. The fourth-order valence-corrected chi connectivity index (χ4v) is 2.29. The smallest absolute Gasteiger partial charge is 0.261 e. The minimum atomic E-state index is -0.623. The minimum Gasteiger partial charge on any atom is -0.497 e. The molecule has 1 aromatic carbocycles. The number of nitrogens with one attached hydrogen (secondary N) is 2. The van der Waals surface area contributed by atoms with Gasteiger partial charge in [0.25, 0.3) is 5.91 Å². The number of anilines is 1. The average Bonchev–Trinajstić information content (AvgIpc) is 3.02. The Morgan fingerprint density at radius 1 is 1.19 bits per heavy atom. The number of benzene rings is 1. The molecule has 0 fully saturated rings. The molecule has 6 heteroatoms. The Morgan fingerprint density at radius 3 is 2.48 bits per heavy atom. The quantitative estimate of drug-likeness (QED) is 0.892. The number of hydrogen-bond donors (Lipinski definition) is 2. The van der Waals surface area contributed by atoms with E-state index in [-0.39, 0.29) is 11.8 Å². The lowest BCUT2D eigenvalue weighted by Gasteiger charge is -2.13. The van der Waals surface area contributed by atoms with Gasteiger partial charge in [0.1, 0.15) is 11.8 Å². The molecule has 2 N–H and O–H groups in total. The van der Waals surface area contributed by atoms with Crippen LogP contribution >= 0.6 is 11.3 Å². The zero-order valence-corrected chi connectivity index (χ0v) is 12.6. The molecule has 21 heavy (non-hydrogen) atoms. The maximum Gasteiger partial charge on any atom is 0.261 e. The molecule has 0 radical (unpaired) electrons. The number of rotatable bonds is 5. The first-order chi connectivity index (χ1) is 10.1. The molecule has 0 unspecified atom stereocenters. The molecule has 1 heterocycles. The van der Waals surface area contributed by atoms with Crippen LogP contribution in [0.3, 0.4) is 0 Å². The van der Waals surface area contributed by atoms with E-state index in [1.165, 1.54) is 11.3 Å². The lowest BCUT2D eigenvalue weighted by atomic mass is 10.2. The van der Waals surface area contributed by atoms with Gasteiger partial charge in [0, 0.05) is 5.69 Å². The van der Waals surface area contributed by atoms with Crippen LogP contribution < -0.4 is 15.4 Å². The van der Waals surface area contributed by atoms with Gasteiger partial charge in [0.15, 0.2) is 0 Å². The number of carbonyl (C=O) groups is 2. The summed E-state index contributed by atoms with van der Waals surface area (Å²) in [6.07, 6.45) is 0. The summed E-state index contributed by atoms with van der Waals surface area (Å²) in [6.45, 7) is 1.64. The largest absolute Gasteiger partial charge is 0.497 e. The Morgan fingerprint density at radius 2 is 1.90 bits per heavy atom. The predicted octanol–water partition coefficient (Wildman–Crippen LogP) is 2.51. The summed E-state index contributed by atoms with van der Waals surface area (Å²) < 4.78 is 5.05. The van der Waals surface area contributed by atoms with Gasteiger partial charge in [-0.05, 0) is 42.6 Å². The first kappa shape index (κ1) is 15.1. The van der Waals surface area contributed by atoms with E-state index in [0.29, 0.717) is 16.3 Å². The van der Waals surface area contributed by atoms with Crippen molar-refractivity contribution in [2.45, 2.75) is 13.0 Å². The standard InChI is InChI=1S/C15H16N2O3S/c1-10(16-15(19)13-4-3-9-21-13)14(18)17-11-5-7-12(20-2)8-6-11/h3-10H,1-2H3,(H,16,19)(H,17,18)/t10-/m1/s1. The molecule has 0 aliphatic carbocycles. The van der Waals surface area contributed by atoms with Crippen molar-refractivity contribution in [3.63, 3.8) is 0 Å². The molecule has 0 aliphatic heterocycles. The van der Waals surface area contributed by atoms with Crippen molar-refractivity contribution in [2.24, 2.45) is 0 Å². The van der Waals surface area contributed by atoms with Crippen LogP contribution in [-0.2, 0) is 4.79 Å². The number of ether oxygens (including phenoxy) is 1. The summed E-state index contributed by atoms with van der Waals surface area (Å²) in [5.74, 6) is 0.194. The molecule has 2 rings (SSSR count). The second kappa shape index (κ2) is 6.90. The first-order valence-electron chi connectivity index (χ1n) is 6.39. The van der Waals surface area contributed by atoms with Crippen LogP contribution in [0.2, 0.25) is 0 Å². The van der Waals surface area contributed by atoms with E-state index in [0.717, 1.165) is 0 Å². The SMILES string of the molecule is COc1ccc(NC(=O)[C@@H](C)NC(=O)c2cccs2)cc1. The number of hydrogen-bond acceptors (Lipinski definition) is 4. The van der Waals surface area contributed by atoms with Gasteiger partial charge in [-0.1, -0.05) is 6.07 Å². The zero-order chi connectivity index (χ0) is 15.2. The third-order valence-electron chi connectivity index (χ3n) is 2.84. The number of methoxy groups -OCH3 is 1. The molecule has 0 bridgehead atoms. The molecular weight excluding hydrogens is 288 g/mol. The molecule has 110 valence electrons. The van der Waals surface area contributed by atoms with Crippen molar-refractivity contribution < 1.29 is 14.3 Å². The molecule has 2 amide bonds. The molecule has 1 aromatic heterocycles. The number of thiophene rings is 1. The molecule has 5 nitrogen and oxygen atoms in total. The van der Waals surface area contributed by atoms with Gasteiger partial charge in [-0.15, -0.1) is 11.3 Å². The summed E-state index contributed by atoms with van der Waals surface area (Å²) in [7, 11) is 1.58. The Labute approximate surface area is 126 Å². The van der Waals surface area contributed by atoms with Crippen LogP contribution in [0.1, 0.15) is 16.6 Å². The van der Waals surface area contributed by atoms with E-state index in [2.05, 4.69) is 10.6 Å². The minimum absolute atomic E-state index is 0.248. The van der Waals surface area contributed by atoms with Crippen LogP contribution in [-0.4, -0.2) is 25.0 Å². The molecule has 0 saturated carbocycles. The van der Waals surface area contributed by atoms with Crippen molar-refractivity contribution in [2.75, 3.05) is 12.4 Å². The third kappa shape index (κ3) is 4.06. The maximum absolute atomic E-state index is 12.0. The van der Waals surface area contributed by atoms with Gasteiger partial charge in [-0.25, -0.2) is 0 Å². The third-order valence-corrected chi connectivity index (χ3v) is 3.71. The van der Waals surface area contributed by atoms with E-state index in [1.54, 1.807) is 50.4 Å². The summed E-state index contributed by atoms with van der Waals surface area (Å²) in [5, 5.41) is 7.21. The average molecular weight is 304 g/mol. The summed E-state index contributed by atoms with van der Waals surface area (Å²) >= 11 is 1.34. The van der Waals surface area contributed by atoms with Gasteiger partial charge in [0.2, 0.25) is 5.91 Å². The van der Waals surface area contributed by atoms with Crippen LogP contribution in [0.25, 0.3) is 0 Å². The molecule has 0 aliphatic rings. The first-order valence-corrected chi connectivity index (χ1v) is 7.27. The van der Waals surface area contributed by atoms with Crippen LogP contribution in [0, 0.1) is 0 Å². The van der Waals surface area contributed by atoms with Gasteiger partial charge in [-0.3, -0.25) is 9.59 Å². The van der Waals surface area contributed by atoms with E-state index >= 15 is 0 Å². The van der Waals surface area contributed by atoms with Gasteiger partial charge in [0.05, 0.1) is 12.0 Å². The summed E-state index contributed by atoms with van der Waals surface area (Å²) in [5.41, 5.74) is 0.651. The highest BCUT2D eigenvalue weighted by Gasteiger charge is 2.17. The van der Waals surface area contributed by atoms with Crippen molar-refractivity contribution in [3.05, 3.63) is 46.7 Å². The molecular formula is C15H16N2O3S. The Bertz CT molecular complexity index is 608. The predicted molar refractivity (Wildman–Crippen MR) is 82.9 cm³/mol. The fraction of sp³-hybridized carbons (Fsp3) is 0.200. The van der Waals surface area contributed by atoms with Crippen LogP contribution in [0.5, 0.6) is 5.75 Å². The van der Waals surface area contributed by atoms with Crippen LogP contribution in [0.15, 0.2) is 41.8 Å². The second-order valence-corrected chi connectivity index (χ2v) is 5.34. The fourth-order valence-electron chi connectivity index (χ4n) is 1.67. The van der Waals surface area contributed by atoms with Gasteiger partial charge < -0.3 is 15.4 Å². The zero-order valence-electron chi connectivity index (χ0n) is 11.8. The second-order valence-electron chi connectivity index (χ2n) is 4.39. The Balaban J connectivity index is 1.91. The number of amides is 2. The van der Waals surface area contributed by atoms with Crippen LogP contribution in [0.4, 0.5) is 5.69 Å².